The van der Waals surface area contributed by atoms with Gasteiger partial charge in [0.1, 0.15) is 11.5 Å². The summed E-state index contributed by atoms with van der Waals surface area (Å²) in [6, 6.07) is 12.1. The molecule has 0 saturated heterocycles. The summed E-state index contributed by atoms with van der Waals surface area (Å²) < 4.78 is 5.75. The van der Waals surface area contributed by atoms with E-state index in [0.717, 1.165) is 5.56 Å². The lowest BCUT2D eigenvalue weighted by Gasteiger charge is -2.09. The third kappa shape index (κ3) is 3.19. The molecule has 0 heterocycles. The zero-order valence-corrected chi connectivity index (χ0v) is 11.6. The molecular formula is C16H13ClO3. The molecule has 3 nitrogen and oxygen atoms in total. The Morgan fingerprint density at radius 2 is 2.00 bits per heavy atom. The van der Waals surface area contributed by atoms with Crippen LogP contribution in [0.25, 0.3) is 6.08 Å². The van der Waals surface area contributed by atoms with Crippen molar-refractivity contribution >= 4 is 23.6 Å². The molecule has 0 saturated carbocycles. The van der Waals surface area contributed by atoms with Gasteiger partial charge in [0.15, 0.2) is 0 Å². The highest BCUT2D eigenvalue weighted by Gasteiger charge is 2.10. The first-order valence-electron chi connectivity index (χ1n) is 6.04. The van der Waals surface area contributed by atoms with E-state index < -0.39 is 5.97 Å². The molecule has 0 aromatic heterocycles. The van der Waals surface area contributed by atoms with Crippen molar-refractivity contribution in [3.63, 3.8) is 0 Å². The van der Waals surface area contributed by atoms with Crippen molar-refractivity contribution in [3.05, 3.63) is 64.7 Å². The van der Waals surface area contributed by atoms with Gasteiger partial charge in [-0.15, -0.1) is 0 Å². The van der Waals surface area contributed by atoms with Crippen LogP contribution < -0.4 is 4.74 Å². The zero-order valence-electron chi connectivity index (χ0n) is 10.8. The number of halogens is 1. The third-order valence-electron chi connectivity index (χ3n) is 2.66. The number of aromatic carboxylic acids is 1. The van der Waals surface area contributed by atoms with Crippen LogP contribution in [-0.2, 0) is 0 Å². The van der Waals surface area contributed by atoms with Crippen molar-refractivity contribution in [2.45, 2.75) is 6.92 Å². The smallest absolute Gasteiger partial charge is 0.337 e. The van der Waals surface area contributed by atoms with Crippen LogP contribution in [0.3, 0.4) is 0 Å². The van der Waals surface area contributed by atoms with E-state index in [1.165, 1.54) is 12.1 Å². The highest BCUT2D eigenvalue weighted by molar-refractivity contribution is 6.33. The van der Waals surface area contributed by atoms with Crippen molar-refractivity contribution in [1.82, 2.24) is 0 Å². The molecule has 0 fully saturated rings. The highest BCUT2D eigenvalue weighted by Crippen LogP contribution is 2.29. The van der Waals surface area contributed by atoms with Gasteiger partial charge in [0.05, 0.1) is 10.6 Å². The van der Waals surface area contributed by atoms with E-state index in [4.69, 9.17) is 21.4 Å². The molecule has 2 aromatic carbocycles. The molecule has 102 valence electrons. The summed E-state index contributed by atoms with van der Waals surface area (Å²) in [5, 5.41) is 9.08. The number of ether oxygens (including phenoxy) is 1. The minimum Gasteiger partial charge on any atom is -0.478 e. The Balaban J connectivity index is 2.31. The molecule has 0 amide bonds. The van der Waals surface area contributed by atoms with Crippen LogP contribution >= 0.6 is 11.6 Å². The average Bonchev–Trinajstić information content (AvgIpc) is 2.41. The van der Waals surface area contributed by atoms with E-state index >= 15 is 0 Å². The molecular weight excluding hydrogens is 276 g/mol. The van der Waals surface area contributed by atoms with Gasteiger partial charge in [-0.05, 0) is 25.1 Å². The summed E-state index contributed by atoms with van der Waals surface area (Å²) in [4.78, 5) is 10.9. The number of allylic oxidation sites excluding steroid dienone is 1. The van der Waals surface area contributed by atoms with Crippen LogP contribution in [0.5, 0.6) is 11.5 Å². The van der Waals surface area contributed by atoms with Crippen molar-refractivity contribution < 1.29 is 14.6 Å². The van der Waals surface area contributed by atoms with Gasteiger partial charge in [0.25, 0.3) is 0 Å². The van der Waals surface area contributed by atoms with Gasteiger partial charge >= 0.3 is 5.97 Å². The minimum atomic E-state index is -1.06. The Morgan fingerprint density at radius 3 is 2.65 bits per heavy atom. The highest BCUT2D eigenvalue weighted by atomic mass is 35.5. The molecule has 0 bridgehead atoms. The number of para-hydroxylation sites is 1. The first kappa shape index (κ1) is 14.2. The largest absolute Gasteiger partial charge is 0.478 e. The Kier molecular flexibility index (Phi) is 4.43. The van der Waals surface area contributed by atoms with Crippen molar-refractivity contribution in [3.8, 4) is 11.5 Å². The number of rotatable bonds is 4. The van der Waals surface area contributed by atoms with Crippen molar-refractivity contribution in [2.24, 2.45) is 0 Å². The lowest BCUT2D eigenvalue weighted by Crippen LogP contribution is -1.97. The quantitative estimate of drug-likeness (QED) is 0.873. The molecule has 0 aliphatic rings. The summed E-state index contributed by atoms with van der Waals surface area (Å²) in [5.74, 6) is 0.123. The van der Waals surface area contributed by atoms with E-state index in [1.54, 1.807) is 6.07 Å². The van der Waals surface area contributed by atoms with Crippen LogP contribution in [0.15, 0.2) is 48.5 Å². The van der Waals surface area contributed by atoms with Crippen LogP contribution in [0, 0.1) is 0 Å². The minimum absolute atomic E-state index is 0.0563. The van der Waals surface area contributed by atoms with E-state index in [2.05, 4.69) is 0 Å². The fraction of sp³-hybridized carbons (Fsp3) is 0.0625. The molecule has 20 heavy (non-hydrogen) atoms. The van der Waals surface area contributed by atoms with Gasteiger partial charge in [-0.25, -0.2) is 4.79 Å². The van der Waals surface area contributed by atoms with Gasteiger partial charge in [-0.1, -0.05) is 42.0 Å². The second-order valence-corrected chi connectivity index (χ2v) is 4.49. The second-order valence-electron chi connectivity index (χ2n) is 4.09. The Labute approximate surface area is 122 Å². The second kappa shape index (κ2) is 6.26. The number of benzene rings is 2. The first-order chi connectivity index (χ1) is 9.61. The molecule has 0 unspecified atom stereocenters. The predicted molar refractivity (Wildman–Crippen MR) is 79.6 cm³/mol. The summed E-state index contributed by atoms with van der Waals surface area (Å²) in [7, 11) is 0. The normalized spacial score (nSPS) is 10.7. The lowest BCUT2D eigenvalue weighted by atomic mass is 10.2. The average molecular weight is 289 g/mol. The molecule has 2 aromatic rings. The van der Waals surface area contributed by atoms with Crippen LogP contribution in [0.4, 0.5) is 0 Å². The Bertz CT molecular complexity index is 663. The lowest BCUT2D eigenvalue weighted by molar-refractivity contribution is 0.0697. The maximum atomic E-state index is 10.9. The SMILES string of the molecule is CC=Cc1ccccc1Oc1ccc(C(=O)O)c(Cl)c1. The van der Waals surface area contributed by atoms with Crippen molar-refractivity contribution in [2.75, 3.05) is 0 Å². The number of hydrogen-bond acceptors (Lipinski definition) is 2. The monoisotopic (exact) mass is 288 g/mol. The van der Waals surface area contributed by atoms with Gasteiger partial charge in [-0.3, -0.25) is 0 Å². The first-order valence-corrected chi connectivity index (χ1v) is 6.42. The number of hydrogen-bond donors (Lipinski definition) is 1. The van der Waals surface area contributed by atoms with Crippen LogP contribution in [0.2, 0.25) is 5.02 Å². The molecule has 0 aliphatic heterocycles. The fourth-order valence-electron chi connectivity index (χ4n) is 1.75. The Morgan fingerprint density at radius 1 is 1.25 bits per heavy atom. The summed E-state index contributed by atoms with van der Waals surface area (Å²) in [6.07, 6.45) is 3.85. The van der Waals surface area contributed by atoms with Gasteiger partial charge in [0.2, 0.25) is 0 Å². The summed E-state index contributed by atoms with van der Waals surface area (Å²) >= 11 is 5.92. The van der Waals surface area contributed by atoms with Gasteiger partial charge in [-0.2, -0.15) is 0 Å². The van der Waals surface area contributed by atoms with Gasteiger partial charge < -0.3 is 9.84 Å². The predicted octanol–water partition coefficient (Wildman–Crippen LogP) is 4.86. The van der Waals surface area contributed by atoms with Crippen LogP contribution in [0.1, 0.15) is 22.8 Å². The summed E-state index contributed by atoms with van der Waals surface area (Å²) in [6.45, 7) is 1.93. The number of carboxylic acid groups (broad SMARTS) is 1. The maximum Gasteiger partial charge on any atom is 0.337 e. The molecule has 1 N–H and O–H groups in total. The summed E-state index contributed by atoms with van der Waals surface area (Å²) in [5.41, 5.74) is 0.995. The molecule has 0 atom stereocenters. The maximum absolute atomic E-state index is 10.9. The van der Waals surface area contributed by atoms with Crippen LogP contribution in [-0.4, -0.2) is 11.1 Å². The van der Waals surface area contributed by atoms with E-state index in [-0.39, 0.29) is 10.6 Å². The number of carboxylic acids is 1. The number of carbonyl (C=O) groups is 1. The third-order valence-corrected chi connectivity index (χ3v) is 2.98. The molecule has 0 aliphatic carbocycles. The molecule has 4 heteroatoms. The van der Waals surface area contributed by atoms with Gasteiger partial charge in [0, 0.05) is 11.6 Å². The standard InChI is InChI=1S/C16H13ClO3/c1-2-5-11-6-3-4-7-15(11)20-12-8-9-13(16(18)19)14(17)10-12/h2-10H,1H3,(H,18,19). The Hall–Kier alpha value is -2.26. The van der Waals surface area contributed by atoms with Crippen molar-refractivity contribution in [1.29, 1.82) is 0 Å². The molecule has 0 radical (unpaired) electrons. The van der Waals surface area contributed by atoms with E-state index in [9.17, 15) is 4.79 Å². The fourth-order valence-corrected chi connectivity index (χ4v) is 2.00. The van der Waals surface area contributed by atoms with E-state index in [1.807, 2.05) is 43.3 Å². The molecule has 2 rings (SSSR count). The zero-order chi connectivity index (χ0) is 14.5. The van der Waals surface area contributed by atoms with E-state index in [0.29, 0.717) is 11.5 Å². The topological polar surface area (TPSA) is 46.5 Å². The molecule has 0 spiro atoms.